The number of para-hydroxylation sites is 1. The van der Waals surface area contributed by atoms with Crippen molar-refractivity contribution in [3.8, 4) is 5.75 Å². The molecular weight excluding hydrogens is 344 g/mol. The minimum absolute atomic E-state index is 0.0267. The maximum atomic E-state index is 13.1. The highest BCUT2D eigenvalue weighted by molar-refractivity contribution is 5.92. The molecule has 0 unspecified atom stereocenters. The lowest BCUT2D eigenvalue weighted by Crippen LogP contribution is -2.47. The molecule has 142 valence electrons. The lowest BCUT2D eigenvalue weighted by atomic mass is 10.1. The second-order valence-corrected chi connectivity index (χ2v) is 7.43. The highest BCUT2D eigenvalue weighted by atomic mass is 16.5. The van der Waals surface area contributed by atoms with E-state index in [1.165, 1.54) is 0 Å². The molecule has 1 aromatic carbocycles. The molecular formula is C20H24N4O3. The predicted molar refractivity (Wildman–Crippen MR) is 99.5 cm³/mol. The minimum atomic E-state index is -0.491. The number of hydrogen-bond acceptors (Lipinski definition) is 4. The highest BCUT2D eigenvalue weighted by Crippen LogP contribution is 2.32. The van der Waals surface area contributed by atoms with Crippen molar-refractivity contribution in [2.24, 2.45) is 0 Å². The van der Waals surface area contributed by atoms with Crippen molar-refractivity contribution in [3.63, 3.8) is 0 Å². The van der Waals surface area contributed by atoms with Crippen LogP contribution in [0, 0.1) is 0 Å². The standard InChI is InChI=1S/C20H24N4O3/c1-12(2)21-19(25)15-11-23-8-9-24(13(3)18(23)22-15)20(26)17-10-14-6-4-5-7-16(14)27-17/h4-7,11-13,17H,8-10H2,1-3H3,(H,21,25)/t13-,17+/m0/s1. The van der Waals surface area contributed by atoms with Gasteiger partial charge in [0.2, 0.25) is 0 Å². The van der Waals surface area contributed by atoms with E-state index in [1.54, 1.807) is 6.20 Å². The number of hydrogen-bond donors (Lipinski definition) is 1. The molecule has 1 N–H and O–H groups in total. The average molecular weight is 368 g/mol. The molecule has 7 heteroatoms. The third-order valence-corrected chi connectivity index (χ3v) is 5.09. The van der Waals surface area contributed by atoms with E-state index in [1.807, 2.05) is 54.5 Å². The van der Waals surface area contributed by atoms with Gasteiger partial charge in [0.15, 0.2) is 6.10 Å². The Kier molecular flexibility index (Phi) is 4.37. The number of aromatic nitrogens is 2. The molecule has 7 nitrogen and oxygen atoms in total. The second kappa shape index (κ2) is 6.72. The Morgan fingerprint density at radius 3 is 2.78 bits per heavy atom. The summed E-state index contributed by atoms with van der Waals surface area (Å²) in [7, 11) is 0. The van der Waals surface area contributed by atoms with Crippen molar-refractivity contribution < 1.29 is 14.3 Å². The van der Waals surface area contributed by atoms with Gasteiger partial charge in [0.1, 0.15) is 17.3 Å². The van der Waals surface area contributed by atoms with Crippen LogP contribution < -0.4 is 10.1 Å². The number of carbonyl (C=O) groups excluding carboxylic acids is 2. The van der Waals surface area contributed by atoms with Gasteiger partial charge < -0.3 is 19.5 Å². The number of rotatable bonds is 3. The van der Waals surface area contributed by atoms with Gasteiger partial charge in [-0.25, -0.2) is 4.98 Å². The summed E-state index contributed by atoms with van der Waals surface area (Å²) >= 11 is 0. The van der Waals surface area contributed by atoms with E-state index < -0.39 is 6.10 Å². The monoisotopic (exact) mass is 368 g/mol. The molecule has 2 amide bonds. The molecule has 0 radical (unpaired) electrons. The molecule has 2 atom stereocenters. The SMILES string of the molecule is CC(C)NC(=O)c1cn2c(n1)[C@H](C)N(C(=O)[C@H]1Cc3ccccc3O1)CC2. The molecule has 4 rings (SSSR count). The number of imidazole rings is 1. The fourth-order valence-electron chi connectivity index (χ4n) is 3.74. The lowest BCUT2D eigenvalue weighted by molar-refractivity contribution is -0.141. The van der Waals surface area contributed by atoms with Crippen molar-refractivity contribution in [1.29, 1.82) is 0 Å². The van der Waals surface area contributed by atoms with Crippen LogP contribution in [0.25, 0.3) is 0 Å². The first-order valence-corrected chi connectivity index (χ1v) is 9.37. The lowest BCUT2D eigenvalue weighted by Gasteiger charge is -2.35. The Bertz CT molecular complexity index is 864. The third-order valence-electron chi connectivity index (χ3n) is 5.09. The van der Waals surface area contributed by atoms with Gasteiger partial charge in [-0.15, -0.1) is 0 Å². The van der Waals surface area contributed by atoms with Crippen LogP contribution in [-0.4, -0.2) is 45.0 Å². The van der Waals surface area contributed by atoms with E-state index in [0.29, 0.717) is 25.2 Å². The normalized spacial score (nSPS) is 20.8. The van der Waals surface area contributed by atoms with Crippen molar-refractivity contribution in [2.45, 2.75) is 51.9 Å². The van der Waals surface area contributed by atoms with E-state index >= 15 is 0 Å². The molecule has 0 aliphatic carbocycles. The fraction of sp³-hybridized carbons (Fsp3) is 0.450. The van der Waals surface area contributed by atoms with Gasteiger partial charge in [0, 0.05) is 31.7 Å². The van der Waals surface area contributed by atoms with E-state index in [9.17, 15) is 9.59 Å². The summed E-state index contributed by atoms with van der Waals surface area (Å²) in [6, 6.07) is 7.60. The summed E-state index contributed by atoms with van der Waals surface area (Å²) in [5.74, 6) is 1.31. The summed E-state index contributed by atoms with van der Waals surface area (Å²) in [6.07, 6.45) is 1.87. The average Bonchev–Trinajstić information content (AvgIpc) is 3.25. The van der Waals surface area contributed by atoms with Gasteiger partial charge in [-0.2, -0.15) is 0 Å². The molecule has 0 spiro atoms. The van der Waals surface area contributed by atoms with Gasteiger partial charge in [-0.05, 0) is 32.4 Å². The van der Waals surface area contributed by atoms with Crippen molar-refractivity contribution in [2.75, 3.05) is 6.54 Å². The van der Waals surface area contributed by atoms with Crippen LogP contribution >= 0.6 is 0 Å². The second-order valence-electron chi connectivity index (χ2n) is 7.43. The van der Waals surface area contributed by atoms with Gasteiger partial charge in [-0.3, -0.25) is 9.59 Å². The summed E-state index contributed by atoms with van der Waals surface area (Å²) in [5.41, 5.74) is 1.46. The third kappa shape index (κ3) is 3.18. The predicted octanol–water partition coefficient (Wildman–Crippen LogP) is 1.93. The van der Waals surface area contributed by atoms with Crippen LogP contribution in [0.2, 0.25) is 0 Å². The Morgan fingerprint density at radius 1 is 1.26 bits per heavy atom. The van der Waals surface area contributed by atoms with Gasteiger partial charge >= 0.3 is 0 Å². The molecule has 2 aliphatic rings. The van der Waals surface area contributed by atoms with Gasteiger partial charge in [0.05, 0.1) is 6.04 Å². The maximum Gasteiger partial charge on any atom is 0.271 e. The Hall–Kier alpha value is -2.83. The van der Waals surface area contributed by atoms with Gasteiger partial charge in [-0.1, -0.05) is 18.2 Å². The largest absolute Gasteiger partial charge is 0.480 e. The molecule has 2 aromatic rings. The number of carbonyl (C=O) groups is 2. The molecule has 2 aliphatic heterocycles. The van der Waals surface area contributed by atoms with Crippen molar-refractivity contribution >= 4 is 11.8 Å². The summed E-state index contributed by atoms with van der Waals surface area (Å²) < 4.78 is 7.83. The first kappa shape index (κ1) is 17.6. The van der Waals surface area contributed by atoms with Crippen molar-refractivity contribution in [1.82, 2.24) is 19.8 Å². The zero-order valence-corrected chi connectivity index (χ0v) is 15.8. The zero-order chi connectivity index (χ0) is 19.1. The minimum Gasteiger partial charge on any atom is -0.480 e. The van der Waals surface area contributed by atoms with Crippen LogP contribution in [0.1, 0.15) is 48.7 Å². The number of benzene rings is 1. The van der Waals surface area contributed by atoms with E-state index in [0.717, 1.165) is 17.1 Å². The maximum absolute atomic E-state index is 13.1. The van der Waals surface area contributed by atoms with E-state index in [-0.39, 0.29) is 23.9 Å². The first-order valence-electron chi connectivity index (χ1n) is 9.37. The molecule has 0 saturated heterocycles. The number of amides is 2. The van der Waals surface area contributed by atoms with Crippen molar-refractivity contribution in [3.05, 3.63) is 47.5 Å². The smallest absolute Gasteiger partial charge is 0.271 e. The first-order chi connectivity index (χ1) is 12.9. The van der Waals surface area contributed by atoms with E-state index in [2.05, 4.69) is 10.3 Å². The molecule has 0 fully saturated rings. The highest BCUT2D eigenvalue weighted by Gasteiger charge is 2.37. The molecule has 1 aromatic heterocycles. The summed E-state index contributed by atoms with van der Waals surface area (Å²) in [6.45, 7) is 6.97. The van der Waals surface area contributed by atoms with Crippen LogP contribution in [0.4, 0.5) is 0 Å². The summed E-state index contributed by atoms with van der Waals surface area (Å²) in [4.78, 5) is 31.6. The number of nitrogens with one attached hydrogen (secondary N) is 1. The number of ether oxygens (including phenoxy) is 1. The summed E-state index contributed by atoms with van der Waals surface area (Å²) in [5, 5.41) is 2.86. The fourth-order valence-corrected chi connectivity index (χ4v) is 3.74. The Labute approximate surface area is 158 Å². The molecule has 27 heavy (non-hydrogen) atoms. The van der Waals surface area contributed by atoms with Crippen LogP contribution in [0.5, 0.6) is 5.75 Å². The quantitative estimate of drug-likeness (QED) is 0.898. The van der Waals surface area contributed by atoms with Gasteiger partial charge in [0.25, 0.3) is 11.8 Å². The van der Waals surface area contributed by atoms with Crippen LogP contribution in [-0.2, 0) is 17.8 Å². The van der Waals surface area contributed by atoms with E-state index in [4.69, 9.17) is 4.74 Å². The van der Waals surface area contributed by atoms with Crippen LogP contribution in [0.15, 0.2) is 30.5 Å². The molecule has 0 bridgehead atoms. The van der Waals surface area contributed by atoms with Crippen LogP contribution in [0.3, 0.4) is 0 Å². The molecule has 0 saturated carbocycles. The Balaban J connectivity index is 1.50. The number of fused-ring (bicyclic) bond motifs is 2. The Morgan fingerprint density at radius 2 is 2.04 bits per heavy atom. The zero-order valence-electron chi connectivity index (χ0n) is 15.8. The topological polar surface area (TPSA) is 76.5 Å². The molecule has 3 heterocycles. The number of nitrogens with zero attached hydrogens (tertiary/aromatic N) is 3.